The average molecular weight is 347 g/mol. The first-order valence-electron chi connectivity index (χ1n) is 10.0. The monoisotopic (exact) mass is 346 g/mol. The van der Waals surface area contributed by atoms with Crippen LogP contribution in [0.15, 0.2) is 48.6 Å². The van der Waals surface area contributed by atoms with E-state index >= 15 is 0 Å². The fourth-order valence-electron chi connectivity index (χ4n) is 2.44. The summed E-state index contributed by atoms with van der Waals surface area (Å²) in [5.74, 6) is -0.134. The second-order valence-corrected chi connectivity index (χ2v) is 6.69. The number of allylic oxidation sites excluding steroid dienone is 8. The molecule has 2 heteroatoms. The van der Waals surface area contributed by atoms with Crippen LogP contribution in [-0.2, 0) is 4.79 Å². The summed E-state index contributed by atoms with van der Waals surface area (Å²) < 4.78 is 0. The molecule has 0 saturated heterocycles. The lowest BCUT2D eigenvalue weighted by atomic mass is 10.1. The van der Waals surface area contributed by atoms with Crippen molar-refractivity contribution in [2.45, 2.75) is 84.5 Å². The van der Waals surface area contributed by atoms with E-state index in [4.69, 9.17) is 5.11 Å². The maximum absolute atomic E-state index is 10.4. The molecule has 0 spiro atoms. The summed E-state index contributed by atoms with van der Waals surface area (Å²) in [6.45, 7) is 4.47. The first kappa shape index (κ1) is 23.4. The van der Waals surface area contributed by atoms with Gasteiger partial charge in [-0.3, -0.25) is 4.79 Å². The van der Waals surface area contributed by atoms with Crippen molar-refractivity contribution in [3.8, 4) is 0 Å². The highest BCUT2D eigenvalue weighted by Crippen LogP contribution is 2.08. The van der Waals surface area contributed by atoms with Gasteiger partial charge in [0.25, 0.3) is 0 Å². The van der Waals surface area contributed by atoms with E-state index in [1.54, 1.807) is 0 Å². The van der Waals surface area contributed by atoms with E-state index in [0.29, 0.717) is 12.3 Å². The third-order valence-electron chi connectivity index (χ3n) is 4.04. The van der Waals surface area contributed by atoms with Gasteiger partial charge in [0.05, 0.1) is 0 Å². The number of rotatable bonds is 16. The highest BCUT2D eigenvalue weighted by atomic mass is 16.4. The maximum Gasteiger partial charge on any atom is 0.303 e. The predicted octanol–water partition coefficient (Wildman–Crippen LogP) is 7.24. The molecule has 0 aliphatic rings. The van der Waals surface area contributed by atoms with Crippen LogP contribution in [-0.4, -0.2) is 11.1 Å². The van der Waals surface area contributed by atoms with E-state index in [0.717, 1.165) is 38.5 Å². The Morgan fingerprint density at radius 3 is 2.32 bits per heavy atom. The number of carboxylic acid groups (broad SMARTS) is 1. The number of aliphatic carboxylic acids is 1. The quantitative estimate of drug-likeness (QED) is 0.182. The smallest absolute Gasteiger partial charge is 0.303 e. The van der Waals surface area contributed by atoms with Crippen LogP contribution in [0.5, 0.6) is 0 Å². The molecule has 2 nitrogen and oxygen atoms in total. The second kappa shape index (κ2) is 18.8. The van der Waals surface area contributed by atoms with Crippen molar-refractivity contribution < 1.29 is 9.90 Å². The third-order valence-corrected chi connectivity index (χ3v) is 4.04. The standard InChI is InChI=1S/C23H38O2/c1-3-4-5-6-7-8-9-10-13-16-19-22(2)20-17-14-11-12-15-18-21-23(24)25/h7-8,10,13-14,16-17,19,22H,3-6,9,11-12,15,18,20-21H2,1-2H3,(H,24,25). The summed E-state index contributed by atoms with van der Waals surface area (Å²) in [5.41, 5.74) is 0. The van der Waals surface area contributed by atoms with Gasteiger partial charge in [-0.05, 0) is 50.9 Å². The van der Waals surface area contributed by atoms with Crippen LogP contribution in [0.3, 0.4) is 0 Å². The Labute approximate surface area is 155 Å². The first-order chi connectivity index (χ1) is 12.2. The molecule has 1 unspecified atom stereocenters. The molecule has 25 heavy (non-hydrogen) atoms. The molecule has 0 aromatic carbocycles. The summed E-state index contributed by atoms with van der Waals surface area (Å²) in [4.78, 5) is 10.4. The Morgan fingerprint density at radius 2 is 1.60 bits per heavy atom. The Bertz CT molecular complexity index is 416. The molecule has 0 aliphatic carbocycles. The van der Waals surface area contributed by atoms with E-state index in [1.165, 1.54) is 25.7 Å². The molecule has 0 bridgehead atoms. The molecule has 0 fully saturated rings. The Kier molecular flexibility index (Phi) is 17.6. The Balaban J connectivity index is 3.58. The molecule has 0 saturated carbocycles. The molecule has 1 N–H and O–H groups in total. The van der Waals surface area contributed by atoms with Crippen LogP contribution in [0.2, 0.25) is 0 Å². The van der Waals surface area contributed by atoms with Crippen LogP contribution >= 0.6 is 0 Å². The molecule has 0 aromatic heterocycles. The SMILES string of the molecule is CCCCCC=CCC=CC=CC(C)CC=CCCCCCC(=O)O. The molecule has 1 atom stereocenters. The molecule has 0 rings (SSSR count). The van der Waals surface area contributed by atoms with Crippen molar-refractivity contribution >= 4 is 5.97 Å². The van der Waals surface area contributed by atoms with Gasteiger partial charge in [-0.25, -0.2) is 0 Å². The summed E-state index contributed by atoms with van der Waals surface area (Å²) in [7, 11) is 0. The minimum atomic E-state index is -0.687. The number of unbranched alkanes of at least 4 members (excludes halogenated alkanes) is 6. The molecular weight excluding hydrogens is 308 g/mol. The topological polar surface area (TPSA) is 37.3 Å². The van der Waals surface area contributed by atoms with Gasteiger partial charge in [-0.1, -0.05) is 81.7 Å². The van der Waals surface area contributed by atoms with Crippen molar-refractivity contribution in [1.29, 1.82) is 0 Å². The van der Waals surface area contributed by atoms with E-state index in [-0.39, 0.29) is 0 Å². The number of hydrogen-bond donors (Lipinski definition) is 1. The lowest BCUT2D eigenvalue weighted by Gasteiger charge is -2.00. The zero-order chi connectivity index (χ0) is 18.6. The van der Waals surface area contributed by atoms with Crippen LogP contribution < -0.4 is 0 Å². The van der Waals surface area contributed by atoms with Gasteiger partial charge in [0.15, 0.2) is 0 Å². The van der Waals surface area contributed by atoms with Gasteiger partial charge in [-0.15, -0.1) is 0 Å². The van der Waals surface area contributed by atoms with Crippen molar-refractivity contribution in [3.63, 3.8) is 0 Å². The van der Waals surface area contributed by atoms with Crippen molar-refractivity contribution in [3.05, 3.63) is 48.6 Å². The van der Waals surface area contributed by atoms with Gasteiger partial charge in [-0.2, -0.15) is 0 Å². The lowest BCUT2D eigenvalue weighted by molar-refractivity contribution is -0.137. The lowest BCUT2D eigenvalue weighted by Crippen LogP contribution is -1.93. The second-order valence-electron chi connectivity index (χ2n) is 6.69. The van der Waals surface area contributed by atoms with Crippen LogP contribution in [0.4, 0.5) is 0 Å². The Morgan fingerprint density at radius 1 is 0.880 bits per heavy atom. The summed E-state index contributed by atoms with van der Waals surface area (Å²) in [5, 5.41) is 8.56. The van der Waals surface area contributed by atoms with Gasteiger partial charge < -0.3 is 5.11 Å². The molecular formula is C23H38O2. The average Bonchev–Trinajstić information content (AvgIpc) is 2.58. The van der Waals surface area contributed by atoms with Crippen LogP contribution in [0.25, 0.3) is 0 Å². The highest BCUT2D eigenvalue weighted by molar-refractivity contribution is 5.66. The molecule has 0 aliphatic heterocycles. The van der Waals surface area contributed by atoms with E-state index in [2.05, 4.69) is 62.5 Å². The largest absolute Gasteiger partial charge is 0.481 e. The normalized spacial score (nSPS) is 13.7. The van der Waals surface area contributed by atoms with E-state index < -0.39 is 5.97 Å². The molecule has 0 aromatic rings. The van der Waals surface area contributed by atoms with Crippen molar-refractivity contribution in [2.24, 2.45) is 5.92 Å². The number of hydrogen-bond acceptors (Lipinski definition) is 1. The zero-order valence-corrected chi connectivity index (χ0v) is 16.3. The first-order valence-corrected chi connectivity index (χ1v) is 10.0. The maximum atomic E-state index is 10.4. The van der Waals surface area contributed by atoms with Gasteiger partial charge in [0.1, 0.15) is 0 Å². The summed E-state index contributed by atoms with van der Waals surface area (Å²) in [6.07, 6.45) is 29.2. The van der Waals surface area contributed by atoms with Gasteiger partial charge in [0.2, 0.25) is 0 Å². The van der Waals surface area contributed by atoms with Crippen molar-refractivity contribution in [2.75, 3.05) is 0 Å². The fourth-order valence-corrected chi connectivity index (χ4v) is 2.44. The molecule has 0 amide bonds. The van der Waals surface area contributed by atoms with Crippen LogP contribution in [0, 0.1) is 5.92 Å². The summed E-state index contributed by atoms with van der Waals surface area (Å²) >= 11 is 0. The summed E-state index contributed by atoms with van der Waals surface area (Å²) in [6, 6.07) is 0. The molecule has 0 radical (unpaired) electrons. The third kappa shape index (κ3) is 20.4. The highest BCUT2D eigenvalue weighted by Gasteiger charge is 1.95. The fraction of sp³-hybridized carbons (Fsp3) is 0.609. The van der Waals surface area contributed by atoms with Gasteiger partial charge in [0, 0.05) is 6.42 Å². The van der Waals surface area contributed by atoms with Crippen LogP contribution in [0.1, 0.15) is 84.5 Å². The number of carbonyl (C=O) groups is 1. The minimum absolute atomic E-state index is 0.299. The Hall–Kier alpha value is -1.57. The van der Waals surface area contributed by atoms with E-state index in [9.17, 15) is 4.79 Å². The molecule has 142 valence electrons. The van der Waals surface area contributed by atoms with Gasteiger partial charge >= 0.3 is 5.97 Å². The van der Waals surface area contributed by atoms with E-state index in [1.807, 2.05) is 0 Å². The number of carboxylic acids is 1. The predicted molar refractivity (Wildman–Crippen MR) is 110 cm³/mol. The molecule has 0 heterocycles. The minimum Gasteiger partial charge on any atom is -0.481 e. The zero-order valence-electron chi connectivity index (χ0n) is 16.3. The van der Waals surface area contributed by atoms with Crippen molar-refractivity contribution in [1.82, 2.24) is 0 Å².